The van der Waals surface area contributed by atoms with Crippen LogP contribution in [0.15, 0.2) is 0 Å². The zero-order valence-corrected chi connectivity index (χ0v) is 16.4. The third kappa shape index (κ3) is 5.90. The summed E-state index contributed by atoms with van der Waals surface area (Å²) in [6.07, 6.45) is -0.723. The minimum absolute atomic E-state index is 0.0384. The van der Waals surface area contributed by atoms with E-state index >= 15 is 0 Å². The van der Waals surface area contributed by atoms with Crippen LogP contribution in [0.25, 0.3) is 0 Å². The molecule has 1 saturated carbocycles. The first-order valence-electron chi connectivity index (χ1n) is 8.46. The minimum atomic E-state index is -1.35. The van der Waals surface area contributed by atoms with Crippen molar-refractivity contribution in [3.05, 3.63) is 0 Å². The van der Waals surface area contributed by atoms with Gasteiger partial charge < -0.3 is 31.0 Å². The van der Waals surface area contributed by atoms with Crippen LogP contribution in [0.1, 0.15) is 40.0 Å². The molecule has 0 saturated heterocycles. The number of nitrogens with zero attached hydrogens (tertiary/aromatic N) is 1. The Bertz CT molecular complexity index is 602. The van der Waals surface area contributed by atoms with Crippen LogP contribution < -0.4 is 10.8 Å². The van der Waals surface area contributed by atoms with Gasteiger partial charge in [0.15, 0.2) is 0 Å². The number of amides is 2. The van der Waals surface area contributed by atoms with Crippen molar-refractivity contribution in [2.75, 3.05) is 20.6 Å². The summed E-state index contributed by atoms with van der Waals surface area (Å²) in [6.45, 7) is 5.06. The topological polar surface area (TPSA) is 178 Å². The van der Waals surface area contributed by atoms with Gasteiger partial charge in [-0.3, -0.25) is 9.59 Å². The maximum Gasteiger partial charge on any atom is 0.413 e. The number of primary amides is 1. The number of carboxylic acid groups (broad SMARTS) is 3. The van der Waals surface area contributed by atoms with Gasteiger partial charge in [0.25, 0.3) is 0 Å². The third-order valence-electron chi connectivity index (χ3n) is 5.66. The van der Waals surface area contributed by atoms with Gasteiger partial charge in [-0.2, -0.15) is 0 Å². The smallest absolute Gasteiger partial charge is 0.413 e. The number of nitrogens with two attached hydrogens (primary N) is 1. The molecule has 1 fully saturated rings. The lowest BCUT2D eigenvalue weighted by Gasteiger charge is -2.36. The Balaban J connectivity index is 0.000000503. The molecule has 5 N–H and O–H groups in total. The Kier molecular flexibility index (Phi) is 7.95. The van der Waals surface area contributed by atoms with Crippen molar-refractivity contribution in [3.63, 3.8) is 0 Å². The standard InChI is InChI=1S/C10H16O4.C7H14N2O4/c1-9(2)6(7(11)12)4-5-10(9,3)8(13)14;1-9(2,7(8)13)4-5(10)3-6(11)12/h6H,4-5H2,1-3H3,(H,11,12)(H,13,14);5,10H,3-4H2,1-2H3,(H2-,8,11,12,13). The number of urea groups is 1. The Morgan fingerprint density at radius 2 is 1.67 bits per heavy atom. The number of carbonyl (C=O) groups excluding carboxylic acids is 2. The highest BCUT2D eigenvalue weighted by molar-refractivity contribution is 5.80. The fourth-order valence-electron chi connectivity index (χ4n) is 3.19. The third-order valence-corrected chi connectivity index (χ3v) is 5.66. The van der Waals surface area contributed by atoms with Crippen molar-refractivity contribution in [1.29, 1.82) is 0 Å². The Morgan fingerprint density at radius 3 is 1.93 bits per heavy atom. The predicted molar refractivity (Wildman–Crippen MR) is 92.1 cm³/mol. The van der Waals surface area contributed by atoms with E-state index in [1.54, 1.807) is 20.8 Å². The molecule has 10 nitrogen and oxygen atoms in total. The van der Waals surface area contributed by atoms with Gasteiger partial charge in [0, 0.05) is 12.4 Å². The van der Waals surface area contributed by atoms with Crippen LogP contribution >= 0.6 is 0 Å². The van der Waals surface area contributed by atoms with E-state index in [1.165, 1.54) is 14.1 Å². The van der Waals surface area contributed by atoms with Crippen LogP contribution in [-0.4, -0.2) is 70.5 Å². The molecule has 0 radical (unpaired) electrons. The maximum absolute atomic E-state index is 11.1. The minimum Gasteiger partial charge on any atom is -0.550 e. The quantitative estimate of drug-likeness (QED) is 0.427. The summed E-state index contributed by atoms with van der Waals surface area (Å²) in [7, 11) is 2.97. The lowest BCUT2D eigenvalue weighted by atomic mass is 9.66. The second-order valence-electron chi connectivity index (χ2n) is 8.22. The molecule has 2 amide bonds. The van der Waals surface area contributed by atoms with Crippen molar-refractivity contribution in [2.45, 2.75) is 46.1 Å². The van der Waals surface area contributed by atoms with Gasteiger partial charge in [0.1, 0.15) is 12.6 Å². The monoisotopic (exact) mass is 390 g/mol. The molecular weight excluding hydrogens is 360 g/mol. The first-order valence-corrected chi connectivity index (χ1v) is 8.46. The summed E-state index contributed by atoms with van der Waals surface area (Å²) in [5.74, 6) is -3.69. The van der Waals surface area contributed by atoms with E-state index in [1.807, 2.05) is 0 Å². The molecule has 0 aromatic rings. The van der Waals surface area contributed by atoms with Crippen LogP contribution in [0.4, 0.5) is 4.79 Å². The van der Waals surface area contributed by atoms with Crippen molar-refractivity contribution >= 4 is 23.9 Å². The summed E-state index contributed by atoms with van der Waals surface area (Å²) in [6, 6.07) is -0.627. The van der Waals surface area contributed by atoms with E-state index in [2.05, 4.69) is 0 Å². The van der Waals surface area contributed by atoms with Crippen LogP contribution in [0, 0.1) is 16.7 Å². The number of aliphatic hydroxyl groups is 1. The highest BCUT2D eigenvalue weighted by Crippen LogP contribution is 2.56. The second kappa shape index (κ2) is 8.66. The molecule has 3 unspecified atom stereocenters. The summed E-state index contributed by atoms with van der Waals surface area (Å²) in [5, 5.41) is 37.3. The molecule has 1 rings (SSSR count). The van der Waals surface area contributed by atoms with Crippen LogP contribution in [0.2, 0.25) is 0 Å². The number of hydrogen-bond acceptors (Lipinski definition) is 6. The normalized spacial score (nSPS) is 25.0. The number of carboxylic acids is 3. The number of aliphatic carboxylic acids is 3. The fourth-order valence-corrected chi connectivity index (χ4v) is 3.19. The lowest BCUT2D eigenvalue weighted by molar-refractivity contribution is -0.811. The van der Waals surface area contributed by atoms with E-state index in [4.69, 9.17) is 21.1 Å². The molecule has 0 bridgehead atoms. The van der Waals surface area contributed by atoms with Crippen LogP contribution in [-0.2, 0) is 14.4 Å². The average Bonchev–Trinajstić information content (AvgIpc) is 2.69. The molecule has 1 aliphatic rings. The highest BCUT2D eigenvalue weighted by atomic mass is 16.4. The molecule has 156 valence electrons. The molecule has 0 aromatic carbocycles. The Hall–Kier alpha value is -2.20. The van der Waals surface area contributed by atoms with Crippen molar-refractivity contribution in [1.82, 2.24) is 0 Å². The van der Waals surface area contributed by atoms with E-state index in [0.29, 0.717) is 12.8 Å². The molecule has 1 aliphatic carbocycles. The first kappa shape index (κ1) is 24.8. The van der Waals surface area contributed by atoms with Crippen molar-refractivity contribution < 1.29 is 44.1 Å². The molecule has 0 aromatic heterocycles. The maximum atomic E-state index is 11.1. The Labute approximate surface area is 158 Å². The highest BCUT2D eigenvalue weighted by Gasteiger charge is 2.58. The van der Waals surface area contributed by atoms with Crippen molar-refractivity contribution in [2.24, 2.45) is 22.5 Å². The van der Waals surface area contributed by atoms with Gasteiger partial charge in [-0.15, -0.1) is 0 Å². The molecule has 3 atom stereocenters. The van der Waals surface area contributed by atoms with Gasteiger partial charge in [0.05, 0.1) is 25.4 Å². The second-order valence-corrected chi connectivity index (χ2v) is 8.22. The molecule has 0 heterocycles. The van der Waals surface area contributed by atoms with Gasteiger partial charge in [0.2, 0.25) is 0 Å². The summed E-state index contributed by atoms with van der Waals surface area (Å²) in [4.78, 5) is 42.9. The van der Waals surface area contributed by atoms with Gasteiger partial charge in [-0.25, -0.2) is 9.28 Å². The molecule has 27 heavy (non-hydrogen) atoms. The van der Waals surface area contributed by atoms with E-state index in [0.717, 1.165) is 0 Å². The van der Waals surface area contributed by atoms with Crippen LogP contribution in [0.3, 0.4) is 0 Å². The molecule has 0 aliphatic heterocycles. The Morgan fingerprint density at radius 1 is 1.19 bits per heavy atom. The van der Waals surface area contributed by atoms with E-state index < -0.39 is 53.2 Å². The number of carbonyl (C=O) groups is 4. The molecule has 0 spiro atoms. The first-order chi connectivity index (χ1) is 12.0. The van der Waals surface area contributed by atoms with E-state index in [9.17, 15) is 24.3 Å². The predicted octanol–water partition coefficient (Wildman–Crippen LogP) is -0.759. The SMILES string of the molecule is CC1(C(=O)O)CCC(C(=O)O)C1(C)C.C[N+](C)(CC(O)CC(=O)[O-])C(N)=O. The summed E-state index contributed by atoms with van der Waals surface area (Å²) < 4.78 is -0.256. The summed E-state index contributed by atoms with van der Waals surface area (Å²) >= 11 is 0. The number of quaternary nitrogens is 1. The number of hydrogen-bond donors (Lipinski definition) is 4. The summed E-state index contributed by atoms with van der Waals surface area (Å²) in [5.41, 5.74) is 3.40. The number of rotatable bonds is 6. The lowest BCUT2D eigenvalue weighted by Crippen LogP contribution is -2.53. The van der Waals surface area contributed by atoms with Gasteiger partial charge in [-0.1, -0.05) is 13.8 Å². The van der Waals surface area contributed by atoms with Crippen LogP contribution in [0.5, 0.6) is 0 Å². The zero-order chi connectivity index (χ0) is 21.8. The fraction of sp³-hybridized carbons (Fsp3) is 0.765. The number of likely N-dealkylation sites (N-methyl/N-ethyl adjacent to an activating group) is 1. The van der Waals surface area contributed by atoms with Crippen molar-refractivity contribution in [3.8, 4) is 0 Å². The largest absolute Gasteiger partial charge is 0.550 e. The molecule has 10 heteroatoms. The zero-order valence-electron chi connectivity index (χ0n) is 16.4. The van der Waals surface area contributed by atoms with Gasteiger partial charge in [-0.05, 0) is 25.2 Å². The van der Waals surface area contributed by atoms with E-state index in [-0.39, 0.29) is 11.0 Å². The van der Waals surface area contributed by atoms with Gasteiger partial charge >= 0.3 is 18.0 Å². The number of aliphatic hydroxyl groups excluding tert-OH is 1. The molecular formula is C17H30N2O8. The average molecular weight is 390 g/mol.